The number of hydrogen-bond acceptors (Lipinski definition) is 2. The Kier molecular flexibility index (Phi) is 5.97. The molecule has 0 aliphatic heterocycles. The molecule has 17 heavy (non-hydrogen) atoms. The third kappa shape index (κ3) is 4.37. The predicted octanol–water partition coefficient (Wildman–Crippen LogP) is 3.14. The maximum Gasteiger partial charge on any atom is 0.191 e. The van der Waals surface area contributed by atoms with Gasteiger partial charge >= 0.3 is 0 Å². The third-order valence-corrected chi connectivity index (χ3v) is 2.39. The van der Waals surface area contributed by atoms with E-state index in [9.17, 15) is 9.90 Å². The predicted molar refractivity (Wildman–Crippen MR) is 70.0 cm³/mol. The number of ketones is 1. The molecule has 0 spiro atoms. The lowest BCUT2D eigenvalue weighted by molar-refractivity contribution is 0.102. The summed E-state index contributed by atoms with van der Waals surface area (Å²) >= 11 is 0. The van der Waals surface area contributed by atoms with Crippen molar-refractivity contribution in [2.75, 3.05) is 6.61 Å². The van der Waals surface area contributed by atoms with Crippen LogP contribution in [-0.4, -0.2) is 17.5 Å². The molecule has 0 atom stereocenters. The van der Waals surface area contributed by atoms with Gasteiger partial charge in [-0.2, -0.15) is 0 Å². The molecular weight excluding hydrogens is 212 g/mol. The van der Waals surface area contributed by atoms with E-state index in [4.69, 9.17) is 0 Å². The molecule has 0 saturated heterocycles. The monoisotopic (exact) mass is 230 g/mol. The van der Waals surface area contributed by atoms with Crippen LogP contribution in [-0.2, 0) is 0 Å². The Balaban J connectivity index is 2.78. The van der Waals surface area contributed by atoms with E-state index in [1.807, 2.05) is 30.4 Å². The Labute approximate surface area is 102 Å². The molecule has 2 heteroatoms. The van der Waals surface area contributed by atoms with E-state index in [2.05, 4.69) is 6.92 Å². The molecule has 0 saturated carbocycles. The van der Waals surface area contributed by atoms with Crippen LogP contribution in [0, 0.1) is 0 Å². The summed E-state index contributed by atoms with van der Waals surface area (Å²) in [5.41, 5.74) is 1.03. The molecule has 0 aliphatic rings. The van der Waals surface area contributed by atoms with Crippen LogP contribution >= 0.6 is 0 Å². The van der Waals surface area contributed by atoms with Crippen molar-refractivity contribution in [1.29, 1.82) is 0 Å². The van der Waals surface area contributed by atoms with Crippen LogP contribution in [0.15, 0.2) is 54.1 Å². The van der Waals surface area contributed by atoms with Crippen LogP contribution < -0.4 is 0 Å². The molecule has 1 aromatic rings. The highest BCUT2D eigenvalue weighted by Crippen LogP contribution is 2.08. The van der Waals surface area contributed by atoms with Gasteiger partial charge in [0.1, 0.15) is 0 Å². The van der Waals surface area contributed by atoms with Crippen molar-refractivity contribution in [2.45, 2.75) is 19.8 Å². The molecular formula is C15H18O2. The van der Waals surface area contributed by atoms with Crippen LogP contribution in [0.4, 0.5) is 0 Å². The van der Waals surface area contributed by atoms with Gasteiger partial charge in [0.05, 0.1) is 6.61 Å². The molecule has 0 aliphatic carbocycles. The molecule has 0 fully saturated rings. The van der Waals surface area contributed by atoms with Gasteiger partial charge in [-0.05, 0) is 6.42 Å². The Morgan fingerprint density at radius 3 is 2.59 bits per heavy atom. The van der Waals surface area contributed by atoms with Crippen molar-refractivity contribution in [2.24, 2.45) is 0 Å². The highest BCUT2D eigenvalue weighted by atomic mass is 16.3. The number of hydrogen-bond donors (Lipinski definition) is 1. The molecule has 0 amide bonds. The van der Waals surface area contributed by atoms with Gasteiger partial charge in [-0.15, -0.1) is 0 Å². The van der Waals surface area contributed by atoms with Crippen LogP contribution in [0.3, 0.4) is 0 Å². The normalized spacial score (nSPS) is 12.0. The van der Waals surface area contributed by atoms with Crippen LogP contribution in [0.25, 0.3) is 0 Å². The maximum absolute atomic E-state index is 12.0. The molecule has 0 radical (unpaired) electrons. The van der Waals surface area contributed by atoms with Gasteiger partial charge < -0.3 is 5.11 Å². The van der Waals surface area contributed by atoms with Crippen LogP contribution in [0.1, 0.15) is 30.1 Å². The number of unbranched alkanes of at least 4 members (excludes halogenated alkanes) is 1. The van der Waals surface area contributed by atoms with E-state index in [0.29, 0.717) is 11.1 Å². The summed E-state index contributed by atoms with van der Waals surface area (Å²) in [4.78, 5) is 12.0. The third-order valence-electron chi connectivity index (χ3n) is 2.39. The van der Waals surface area contributed by atoms with E-state index in [-0.39, 0.29) is 12.4 Å². The summed E-state index contributed by atoms with van der Waals surface area (Å²) in [5, 5.41) is 9.19. The number of aliphatic hydroxyl groups excluding tert-OH is 1. The molecule has 0 unspecified atom stereocenters. The highest BCUT2D eigenvalue weighted by molar-refractivity contribution is 6.08. The van der Waals surface area contributed by atoms with Crippen molar-refractivity contribution >= 4 is 5.78 Å². The number of allylic oxidation sites excluding steroid dienone is 3. The van der Waals surface area contributed by atoms with Crippen molar-refractivity contribution in [3.05, 3.63) is 59.7 Å². The van der Waals surface area contributed by atoms with Gasteiger partial charge in [0.15, 0.2) is 5.78 Å². The number of benzene rings is 1. The largest absolute Gasteiger partial charge is 0.392 e. The summed E-state index contributed by atoms with van der Waals surface area (Å²) in [6.45, 7) is 1.86. The molecule has 0 aromatic heterocycles. The number of carbonyl (C=O) groups excluding carboxylic acids is 1. The second kappa shape index (κ2) is 7.58. The summed E-state index contributed by atoms with van der Waals surface area (Å²) < 4.78 is 0. The Morgan fingerprint density at radius 2 is 2.00 bits per heavy atom. The fourth-order valence-corrected chi connectivity index (χ4v) is 1.42. The lowest BCUT2D eigenvalue weighted by Gasteiger charge is -2.02. The standard InChI is InChI=1S/C15H18O2/c1-2-3-4-6-11-14(12-16)15(17)13-9-7-5-8-10-13/h4-11,16H,2-3,12H2,1H3/b6-4-,14-11+. The minimum atomic E-state index is -0.232. The molecule has 1 rings (SSSR count). The summed E-state index contributed by atoms with van der Waals surface area (Å²) in [7, 11) is 0. The molecule has 2 nitrogen and oxygen atoms in total. The van der Waals surface area contributed by atoms with E-state index in [0.717, 1.165) is 12.8 Å². The Bertz CT molecular complexity index is 402. The van der Waals surface area contributed by atoms with E-state index < -0.39 is 0 Å². The van der Waals surface area contributed by atoms with Crippen molar-refractivity contribution in [1.82, 2.24) is 0 Å². The molecule has 90 valence electrons. The quantitative estimate of drug-likeness (QED) is 0.463. The van der Waals surface area contributed by atoms with Gasteiger partial charge in [-0.25, -0.2) is 0 Å². The van der Waals surface area contributed by atoms with Gasteiger partial charge in [-0.3, -0.25) is 4.79 Å². The number of aliphatic hydroxyl groups is 1. The van der Waals surface area contributed by atoms with Crippen LogP contribution in [0.5, 0.6) is 0 Å². The number of rotatable bonds is 6. The van der Waals surface area contributed by atoms with Crippen molar-refractivity contribution in [3.63, 3.8) is 0 Å². The van der Waals surface area contributed by atoms with Gasteiger partial charge in [0.2, 0.25) is 0 Å². The Hall–Kier alpha value is -1.67. The molecule has 0 heterocycles. The maximum atomic E-state index is 12.0. The van der Waals surface area contributed by atoms with Gasteiger partial charge in [0, 0.05) is 11.1 Å². The lowest BCUT2D eigenvalue weighted by Crippen LogP contribution is -2.06. The lowest BCUT2D eigenvalue weighted by atomic mass is 10.0. The Morgan fingerprint density at radius 1 is 1.29 bits per heavy atom. The van der Waals surface area contributed by atoms with Crippen LogP contribution in [0.2, 0.25) is 0 Å². The zero-order valence-electron chi connectivity index (χ0n) is 10.1. The van der Waals surface area contributed by atoms with Crippen molar-refractivity contribution in [3.8, 4) is 0 Å². The number of Topliss-reactive ketones (excluding diaryl/α,β-unsaturated/α-hetero) is 1. The fourth-order valence-electron chi connectivity index (χ4n) is 1.42. The first-order chi connectivity index (χ1) is 8.29. The minimum Gasteiger partial charge on any atom is -0.392 e. The van der Waals surface area contributed by atoms with E-state index in [1.165, 1.54) is 0 Å². The SMILES string of the molecule is CCC/C=C\C=C(/CO)C(=O)c1ccccc1. The first-order valence-corrected chi connectivity index (χ1v) is 5.86. The average Bonchev–Trinajstić information content (AvgIpc) is 2.39. The number of carbonyl (C=O) groups is 1. The second-order valence-electron chi connectivity index (χ2n) is 3.76. The van der Waals surface area contributed by atoms with Gasteiger partial charge in [-0.1, -0.05) is 61.9 Å². The topological polar surface area (TPSA) is 37.3 Å². The summed E-state index contributed by atoms with van der Waals surface area (Å²) in [5.74, 6) is -0.116. The molecule has 1 N–H and O–H groups in total. The highest BCUT2D eigenvalue weighted by Gasteiger charge is 2.09. The molecule has 0 bridgehead atoms. The smallest absolute Gasteiger partial charge is 0.191 e. The fraction of sp³-hybridized carbons (Fsp3) is 0.267. The second-order valence-corrected chi connectivity index (χ2v) is 3.76. The van der Waals surface area contributed by atoms with Crippen molar-refractivity contribution < 1.29 is 9.90 Å². The van der Waals surface area contributed by atoms with E-state index in [1.54, 1.807) is 18.2 Å². The minimum absolute atomic E-state index is 0.116. The van der Waals surface area contributed by atoms with Gasteiger partial charge in [0.25, 0.3) is 0 Å². The average molecular weight is 230 g/mol. The zero-order chi connectivity index (χ0) is 12.5. The summed E-state index contributed by atoms with van der Waals surface area (Å²) in [6.07, 6.45) is 7.56. The summed E-state index contributed by atoms with van der Waals surface area (Å²) in [6, 6.07) is 8.99. The first kappa shape index (κ1) is 13.4. The zero-order valence-corrected chi connectivity index (χ0v) is 10.1. The molecule has 1 aromatic carbocycles. The van der Waals surface area contributed by atoms with E-state index >= 15 is 0 Å². The first-order valence-electron chi connectivity index (χ1n) is 5.86.